The Bertz CT molecular complexity index is 1190. The molecule has 3 rings (SSSR count). The van der Waals surface area contributed by atoms with E-state index in [0.29, 0.717) is 35.0 Å². The Balaban J connectivity index is 1.92. The van der Waals surface area contributed by atoms with Crippen molar-refractivity contribution in [3.8, 4) is 17.2 Å². The number of hydrogen-bond acceptors (Lipinski definition) is 7. The molecule has 0 unspecified atom stereocenters. The van der Waals surface area contributed by atoms with Gasteiger partial charge in [-0.2, -0.15) is 0 Å². The Kier molecular flexibility index (Phi) is 8.64. The quantitative estimate of drug-likeness (QED) is 0.308. The van der Waals surface area contributed by atoms with Crippen molar-refractivity contribution >= 4 is 29.2 Å². The second-order valence-corrected chi connectivity index (χ2v) is 9.82. The molecule has 3 aromatic rings. The van der Waals surface area contributed by atoms with Gasteiger partial charge in [-0.3, -0.25) is 9.78 Å². The first kappa shape index (κ1) is 26.4. The van der Waals surface area contributed by atoms with Crippen molar-refractivity contribution in [2.75, 3.05) is 30.5 Å². The van der Waals surface area contributed by atoms with E-state index in [-0.39, 0.29) is 11.3 Å². The van der Waals surface area contributed by atoms with Crippen molar-refractivity contribution in [1.29, 1.82) is 0 Å². The van der Waals surface area contributed by atoms with Crippen molar-refractivity contribution in [2.45, 2.75) is 39.7 Å². The van der Waals surface area contributed by atoms with Crippen LogP contribution in [0.4, 0.5) is 11.4 Å². The van der Waals surface area contributed by atoms with Crippen molar-refractivity contribution in [3.63, 3.8) is 0 Å². The maximum Gasteiger partial charge on any atom is 0.255 e. The number of anilines is 2. The summed E-state index contributed by atoms with van der Waals surface area (Å²) in [5.41, 5.74) is 4.67. The highest BCUT2D eigenvalue weighted by atomic mass is 32.2. The zero-order valence-corrected chi connectivity index (χ0v) is 22.2. The fraction of sp³-hybridized carbons (Fsp3) is 0.333. The number of hydrogen-bond donors (Lipinski definition) is 3. The second-order valence-electron chi connectivity index (χ2n) is 9.21. The number of aromatic nitrogens is 1. The highest BCUT2D eigenvalue weighted by Gasteiger charge is 2.21. The molecule has 0 fully saturated rings. The summed E-state index contributed by atoms with van der Waals surface area (Å²) in [6.45, 7) is 8.99. The number of nitrogens with one attached hydrogen (secondary N) is 3. The van der Waals surface area contributed by atoms with Crippen molar-refractivity contribution < 1.29 is 14.3 Å². The van der Waals surface area contributed by atoms with Gasteiger partial charge in [0, 0.05) is 30.6 Å². The fourth-order valence-electron chi connectivity index (χ4n) is 3.53. The van der Waals surface area contributed by atoms with Crippen LogP contribution in [-0.4, -0.2) is 31.3 Å². The molecular formula is C27H34N4O3S. The average Bonchev–Trinajstić information content (AvgIpc) is 2.80. The summed E-state index contributed by atoms with van der Waals surface area (Å²) in [6.07, 6.45) is 3.66. The predicted molar refractivity (Wildman–Crippen MR) is 145 cm³/mol. The fourth-order valence-corrected chi connectivity index (χ4v) is 3.90. The first-order chi connectivity index (χ1) is 16.7. The molecule has 0 aliphatic carbocycles. The third-order valence-corrected chi connectivity index (χ3v) is 5.87. The topological polar surface area (TPSA) is 84.5 Å². The third-order valence-electron chi connectivity index (χ3n) is 5.44. The molecule has 8 heteroatoms. The van der Waals surface area contributed by atoms with E-state index in [1.807, 2.05) is 38.4 Å². The molecule has 35 heavy (non-hydrogen) atoms. The number of carbonyl (C=O) groups excluding carboxylic acids is 1. The molecule has 0 spiro atoms. The number of rotatable bonds is 9. The van der Waals surface area contributed by atoms with Gasteiger partial charge in [-0.1, -0.05) is 38.8 Å². The van der Waals surface area contributed by atoms with E-state index in [1.165, 1.54) is 11.9 Å². The van der Waals surface area contributed by atoms with Crippen LogP contribution in [0.3, 0.4) is 0 Å². The first-order valence-corrected chi connectivity index (χ1v) is 12.6. The lowest BCUT2D eigenvalue weighted by molar-refractivity contribution is 0.102. The monoisotopic (exact) mass is 494 g/mol. The van der Waals surface area contributed by atoms with E-state index >= 15 is 0 Å². The minimum absolute atomic E-state index is 0.109. The van der Waals surface area contributed by atoms with Gasteiger partial charge in [-0.25, -0.2) is 0 Å². The summed E-state index contributed by atoms with van der Waals surface area (Å²) in [7, 11) is 3.47. The van der Waals surface area contributed by atoms with Crippen LogP contribution in [0.1, 0.15) is 48.0 Å². The molecule has 1 amide bonds. The van der Waals surface area contributed by atoms with Crippen LogP contribution >= 0.6 is 11.9 Å². The first-order valence-electron chi connectivity index (χ1n) is 11.4. The Morgan fingerprint density at radius 3 is 2.49 bits per heavy atom. The molecule has 7 nitrogen and oxygen atoms in total. The molecule has 186 valence electrons. The normalized spacial score (nSPS) is 11.2. The van der Waals surface area contributed by atoms with Gasteiger partial charge in [0.1, 0.15) is 11.5 Å². The molecular weight excluding hydrogens is 460 g/mol. The largest absolute Gasteiger partial charge is 0.492 e. The van der Waals surface area contributed by atoms with Crippen LogP contribution in [0, 0.1) is 6.92 Å². The lowest BCUT2D eigenvalue weighted by Crippen LogP contribution is -2.16. The number of pyridine rings is 1. The van der Waals surface area contributed by atoms with E-state index in [9.17, 15) is 4.79 Å². The molecule has 1 heterocycles. The van der Waals surface area contributed by atoms with E-state index < -0.39 is 0 Å². The molecule has 0 bridgehead atoms. The van der Waals surface area contributed by atoms with Crippen molar-refractivity contribution in [1.82, 2.24) is 10.3 Å². The number of ether oxygens (including phenoxy) is 2. The molecule has 0 saturated heterocycles. The minimum atomic E-state index is -0.250. The highest BCUT2D eigenvalue weighted by molar-refractivity contribution is 7.99. The van der Waals surface area contributed by atoms with Crippen LogP contribution in [0.2, 0.25) is 0 Å². The molecule has 0 radical (unpaired) electrons. The molecule has 1 aromatic heterocycles. The lowest BCUT2D eigenvalue weighted by Gasteiger charge is -2.24. The molecule has 0 atom stereocenters. The van der Waals surface area contributed by atoms with Gasteiger partial charge in [0.25, 0.3) is 5.91 Å². The van der Waals surface area contributed by atoms with E-state index in [4.69, 9.17) is 9.47 Å². The van der Waals surface area contributed by atoms with E-state index in [2.05, 4.69) is 47.2 Å². The number of amides is 1. The average molecular weight is 495 g/mol. The lowest BCUT2D eigenvalue weighted by atomic mass is 9.86. The van der Waals surface area contributed by atoms with Crippen LogP contribution in [-0.2, 0) is 12.0 Å². The number of carbonyl (C=O) groups is 1. The Labute approximate surface area is 212 Å². The summed E-state index contributed by atoms with van der Waals surface area (Å²) >= 11 is 1.47. The highest BCUT2D eigenvalue weighted by Crippen LogP contribution is 2.40. The van der Waals surface area contributed by atoms with Gasteiger partial charge < -0.3 is 24.8 Å². The third kappa shape index (κ3) is 6.68. The van der Waals surface area contributed by atoms with Gasteiger partial charge in [-0.15, -0.1) is 0 Å². The maximum atomic E-state index is 13.3. The number of nitrogens with zero attached hydrogens (tertiary/aromatic N) is 1. The van der Waals surface area contributed by atoms with Gasteiger partial charge in [-0.05, 0) is 60.8 Å². The Morgan fingerprint density at radius 1 is 1.09 bits per heavy atom. The van der Waals surface area contributed by atoms with Crippen molar-refractivity contribution in [2.24, 2.45) is 0 Å². The van der Waals surface area contributed by atoms with Crippen LogP contribution in [0.25, 0.3) is 0 Å². The van der Waals surface area contributed by atoms with Gasteiger partial charge in [0.15, 0.2) is 5.75 Å². The Hall–Kier alpha value is -3.23. The van der Waals surface area contributed by atoms with E-state index in [0.717, 1.165) is 22.5 Å². The standard InChI is InChI=1S/C27H34N4O3S/c1-17-8-9-18(12-24(17)34-21-10-11-29-20(15-21)16-28-5)26(32)30-22-13-19(27(2,3)4)14-23(31-35-7)25(22)33-6/h8-15,28,31H,16H2,1-7H3,(H,30,32). The molecule has 3 N–H and O–H groups in total. The number of aryl methyl sites for hydroxylation is 1. The minimum Gasteiger partial charge on any atom is -0.492 e. The molecule has 0 aliphatic rings. The SMILES string of the molecule is CNCc1cc(Oc2cc(C(=O)Nc3cc(C(C)(C)C)cc(NSC)c3OC)ccc2C)ccn1. The van der Waals surface area contributed by atoms with Crippen LogP contribution < -0.4 is 24.8 Å². The zero-order valence-electron chi connectivity index (χ0n) is 21.4. The predicted octanol–water partition coefficient (Wildman–Crippen LogP) is 6.15. The number of benzene rings is 2. The number of methoxy groups -OCH3 is 1. The molecule has 0 saturated carbocycles. The summed E-state index contributed by atoms with van der Waals surface area (Å²) in [5.74, 6) is 1.61. The van der Waals surface area contributed by atoms with Gasteiger partial charge in [0.05, 0.1) is 24.2 Å². The Morgan fingerprint density at radius 2 is 1.83 bits per heavy atom. The van der Waals surface area contributed by atoms with Gasteiger partial charge >= 0.3 is 0 Å². The summed E-state index contributed by atoms with van der Waals surface area (Å²) in [4.78, 5) is 17.6. The van der Waals surface area contributed by atoms with Crippen LogP contribution in [0.15, 0.2) is 48.7 Å². The van der Waals surface area contributed by atoms with Gasteiger partial charge in [0.2, 0.25) is 0 Å². The summed E-state index contributed by atoms with van der Waals surface area (Å²) in [5, 5.41) is 6.12. The zero-order chi connectivity index (χ0) is 25.6. The van der Waals surface area contributed by atoms with Crippen LogP contribution in [0.5, 0.6) is 17.2 Å². The molecule has 2 aromatic carbocycles. The second kappa shape index (κ2) is 11.5. The maximum absolute atomic E-state index is 13.3. The summed E-state index contributed by atoms with van der Waals surface area (Å²) in [6, 6.07) is 13.1. The summed E-state index contributed by atoms with van der Waals surface area (Å²) < 4.78 is 15.0. The van der Waals surface area contributed by atoms with E-state index in [1.54, 1.807) is 31.5 Å². The molecule has 0 aliphatic heterocycles. The van der Waals surface area contributed by atoms with Crippen molar-refractivity contribution in [3.05, 3.63) is 71.0 Å². The smallest absolute Gasteiger partial charge is 0.255 e.